The molecule has 0 amide bonds. The van der Waals surface area contributed by atoms with Gasteiger partial charge in [0.1, 0.15) is 0 Å². The van der Waals surface area contributed by atoms with Crippen LogP contribution in [0.5, 0.6) is 0 Å². The summed E-state index contributed by atoms with van der Waals surface area (Å²) in [7, 11) is 1.34. The molecule has 116 valence electrons. The molecule has 5 nitrogen and oxygen atoms in total. The van der Waals surface area contributed by atoms with E-state index in [0.717, 1.165) is 36.8 Å². The molecule has 6 heteroatoms. The van der Waals surface area contributed by atoms with E-state index in [4.69, 9.17) is 16.3 Å². The number of nitrogens with zero attached hydrogens (tertiary/aromatic N) is 2. The van der Waals surface area contributed by atoms with Gasteiger partial charge in [-0.1, -0.05) is 11.6 Å². The van der Waals surface area contributed by atoms with Gasteiger partial charge in [-0.25, -0.2) is 9.48 Å². The third kappa shape index (κ3) is 3.00. The molecular weight excluding hydrogens is 304 g/mol. The van der Waals surface area contributed by atoms with Gasteiger partial charge in [-0.3, -0.25) is 0 Å². The fraction of sp³-hybridized carbons (Fsp3) is 0.375. The van der Waals surface area contributed by atoms with Crippen molar-refractivity contribution in [1.82, 2.24) is 9.78 Å². The van der Waals surface area contributed by atoms with Gasteiger partial charge < -0.3 is 9.47 Å². The first-order valence-electron chi connectivity index (χ1n) is 7.24. The normalized spacial score (nSPS) is 18.9. The van der Waals surface area contributed by atoms with Crippen LogP contribution >= 0.6 is 11.6 Å². The van der Waals surface area contributed by atoms with Gasteiger partial charge in [0.15, 0.2) is 6.23 Å². The molecule has 0 saturated carbocycles. The molecule has 22 heavy (non-hydrogen) atoms. The SMILES string of the molecule is COC(=O)/C=C/c1nn(C2CCCCO2)c2ccc(Cl)cc12. The summed E-state index contributed by atoms with van der Waals surface area (Å²) in [6, 6.07) is 5.61. The van der Waals surface area contributed by atoms with E-state index in [9.17, 15) is 4.79 Å². The predicted molar refractivity (Wildman–Crippen MR) is 84.6 cm³/mol. The van der Waals surface area contributed by atoms with Crippen LogP contribution in [0.1, 0.15) is 31.2 Å². The number of hydrogen-bond acceptors (Lipinski definition) is 4. The van der Waals surface area contributed by atoms with Crippen LogP contribution in [0.25, 0.3) is 17.0 Å². The van der Waals surface area contributed by atoms with Gasteiger partial charge in [0.2, 0.25) is 0 Å². The Labute approximate surface area is 133 Å². The standard InChI is InChI=1S/C16H17ClN2O3/c1-21-16(20)8-6-13-12-10-11(17)5-7-14(12)19(18-13)15-4-2-3-9-22-15/h5-8,10,15H,2-4,9H2,1H3/b8-6+. The van der Waals surface area contributed by atoms with Gasteiger partial charge in [-0.05, 0) is 43.5 Å². The molecule has 1 aromatic heterocycles. The number of halogens is 1. The van der Waals surface area contributed by atoms with E-state index in [1.54, 1.807) is 6.08 Å². The van der Waals surface area contributed by atoms with Crippen molar-refractivity contribution in [2.24, 2.45) is 0 Å². The fourth-order valence-electron chi connectivity index (χ4n) is 2.61. The Kier molecular flexibility index (Phi) is 4.45. The zero-order valence-corrected chi connectivity index (χ0v) is 13.0. The van der Waals surface area contributed by atoms with Gasteiger partial charge in [-0.15, -0.1) is 0 Å². The average Bonchev–Trinajstić information content (AvgIpc) is 2.91. The van der Waals surface area contributed by atoms with Crippen LogP contribution in [0.3, 0.4) is 0 Å². The molecule has 1 aromatic carbocycles. The molecule has 1 saturated heterocycles. The molecular formula is C16H17ClN2O3. The van der Waals surface area contributed by atoms with E-state index >= 15 is 0 Å². The molecule has 1 aliphatic heterocycles. The van der Waals surface area contributed by atoms with Crippen molar-refractivity contribution in [3.05, 3.63) is 35.0 Å². The summed E-state index contributed by atoms with van der Waals surface area (Å²) in [5, 5.41) is 6.12. The maximum Gasteiger partial charge on any atom is 0.330 e. The first-order valence-corrected chi connectivity index (χ1v) is 7.62. The first-order chi connectivity index (χ1) is 10.7. The smallest absolute Gasteiger partial charge is 0.330 e. The molecule has 0 radical (unpaired) electrons. The van der Waals surface area contributed by atoms with Crippen LogP contribution in [-0.4, -0.2) is 29.5 Å². The topological polar surface area (TPSA) is 53.3 Å². The van der Waals surface area contributed by atoms with Crippen LogP contribution in [0.15, 0.2) is 24.3 Å². The first kappa shape index (κ1) is 15.1. The van der Waals surface area contributed by atoms with Crippen molar-refractivity contribution in [1.29, 1.82) is 0 Å². The minimum absolute atomic E-state index is 0.0716. The molecule has 3 rings (SSSR count). The number of aromatic nitrogens is 2. The summed E-state index contributed by atoms with van der Waals surface area (Å²) in [6.45, 7) is 0.743. The molecule has 1 aliphatic rings. The minimum Gasteiger partial charge on any atom is -0.466 e. The van der Waals surface area contributed by atoms with Crippen molar-refractivity contribution >= 4 is 34.5 Å². The largest absolute Gasteiger partial charge is 0.466 e. The molecule has 1 atom stereocenters. The number of carbonyl (C=O) groups is 1. The van der Waals surface area contributed by atoms with Crippen molar-refractivity contribution < 1.29 is 14.3 Å². The summed E-state index contributed by atoms with van der Waals surface area (Å²) in [6.07, 6.45) is 6.06. The third-order valence-corrected chi connectivity index (χ3v) is 3.94. The summed E-state index contributed by atoms with van der Waals surface area (Å²) in [5.41, 5.74) is 1.62. The Morgan fingerprint density at radius 1 is 1.50 bits per heavy atom. The predicted octanol–water partition coefficient (Wildman–Crippen LogP) is 3.58. The molecule has 1 fully saturated rings. The van der Waals surface area contributed by atoms with Crippen molar-refractivity contribution in [2.45, 2.75) is 25.5 Å². The third-order valence-electron chi connectivity index (χ3n) is 3.70. The highest BCUT2D eigenvalue weighted by atomic mass is 35.5. The van der Waals surface area contributed by atoms with E-state index in [0.29, 0.717) is 10.7 Å². The second-order valence-corrected chi connectivity index (χ2v) is 5.61. The molecule has 1 unspecified atom stereocenters. The lowest BCUT2D eigenvalue weighted by molar-refractivity contribution is -0.134. The number of hydrogen-bond donors (Lipinski definition) is 0. The number of esters is 1. The lowest BCUT2D eigenvalue weighted by atomic mass is 10.1. The summed E-state index contributed by atoms with van der Waals surface area (Å²) < 4.78 is 12.3. The number of carbonyl (C=O) groups excluding carboxylic acids is 1. The van der Waals surface area contributed by atoms with Crippen molar-refractivity contribution in [2.75, 3.05) is 13.7 Å². The lowest BCUT2D eigenvalue weighted by Crippen LogP contribution is -2.19. The van der Waals surface area contributed by atoms with Crippen LogP contribution < -0.4 is 0 Å². The van der Waals surface area contributed by atoms with Crippen molar-refractivity contribution in [3.63, 3.8) is 0 Å². The summed E-state index contributed by atoms with van der Waals surface area (Å²) >= 11 is 6.09. The van der Waals surface area contributed by atoms with E-state index < -0.39 is 5.97 Å². The van der Waals surface area contributed by atoms with E-state index in [2.05, 4.69) is 9.84 Å². The number of ether oxygens (including phenoxy) is 2. The van der Waals surface area contributed by atoms with Gasteiger partial charge in [0.25, 0.3) is 0 Å². The fourth-order valence-corrected chi connectivity index (χ4v) is 2.78. The minimum atomic E-state index is -0.418. The highest BCUT2D eigenvalue weighted by Crippen LogP contribution is 2.30. The summed E-state index contributed by atoms with van der Waals surface area (Å²) in [5.74, 6) is -0.418. The van der Waals surface area contributed by atoms with E-state index in [1.165, 1.54) is 13.2 Å². The Balaban J connectivity index is 2.05. The number of benzene rings is 1. The van der Waals surface area contributed by atoms with Crippen LogP contribution in [0, 0.1) is 0 Å². The van der Waals surface area contributed by atoms with E-state index in [-0.39, 0.29) is 6.23 Å². The Bertz CT molecular complexity index is 717. The summed E-state index contributed by atoms with van der Waals surface area (Å²) in [4.78, 5) is 11.3. The monoisotopic (exact) mass is 320 g/mol. The van der Waals surface area contributed by atoms with E-state index in [1.807, 2.05) is 22.9 Å². The molecule has 0 aliphatic carbocycles. The van der Waals surface area contributed by atoms with Gasteiger partial charge in [0, 0.05) is 23.1 Å². The van der Waals surface area contributed by atoms with Crippen LogP contribution in [0.4, 0.5) is 0 Å². The van der Waals surface area contributed by atoms with Crippen molar-refractivity contribution in [3.8, 4) is 0 Å². The number of fused-ring (bicyclic) bond motifs is 1. The second-order valence-electron chi connectivity index (χ2n) is 5.17. The maximum atomic E-state index is 11.3. The Morgan fingerprint density at radius 2 is 2.36 bits per heavy atom. The zero-order valence-electron chi connectivity index (χ0n) is 12.3. The Hall–Kier alpha value is -1.85. The number of methoxy groups -OCH3 is 1. The van der Waals surface area contributed by atoms with Crippen LogP contribution in [0.2, 0.25) is 5.02 Å². The molecule has 2 heterocycles. The average molecular weight is 321 g/mol. The van der Waals surface area contributed by atoms with Gasteiger partial charge in [-0.2, -0.15) is 5.10 Å². The molecule has 0 bridgehead atoms. The highest BCUT2D eigenvalue weighted by Gasteiger charge is 2.20. The van der Waals surface area contributed by atoms with Gasteiger partial charge in [0.05, 0.1) is 18.3 Å². The number of rotatable bonds is 3. The molecule has 0 spiro atoms. The second kappa shape index (κ2) is 6.50. The molecule has 0 N–H and O–H groups in total. The molecule has 2 aromatic rings. The quantitative estimate of drug-likeness (QED) is 0.641. The zero-order chi connectivity index (χ0) is 15.5. The van der Waals surface area contributed by atoms with Crippen LogP contribution in [-0.2, 0) is 14.3 Å². The highest BCUT2D eigenvalue weighted by molar-refractivity contribution is 6.31. The maximum absolute atomic E-state index is 11.3. The lowest BCUT2D eigenvalue weighted by Gasteiger charge is -2.23. The Morgan fingerprint density at radius 3 is 3.09 bits per heavy atom. The van der Waals surface area contributed by atoms with Gasteiger partial charge >= 0.3 is 5.97 Å².